The van der Waals surface area contributed by atoms with Crippen LogP contribution in [0.1, 0.15) is 18.6 Å². The first-order valence-electron chi connectivity index (χ1n) is 8.37. The molecule has 4 rings (SSSR count). The van der Waals surface area contributed by atoms with Crippen molar-refractivity contribution in [3.8, 4) is 28.7 Å². The first-order chi connectivity index (χ1) is 13.0. The number of hydrogen-bond acceptors (Lipinski definition) is 7. The highest BCUT2D eigenvalue weighted by molar-refractivity contribution is 5.88. The van der Waals surface area contributed by atoms with Crippen LogP contribution in [0, 0.1) is 0 Å². The van der Waals surface area contributed by atoms with Crippen molar-refractivity contribution in [1.29, 1.82) is 0 Å². The summed E-state index contributed by atoms with van der Waals surface area (Å²) in [6, 6.07) is 9.68. The Bertz CT molecular complexity index is 1070. The molecular weight excluding hydrogens is 352 g/mol. The number of phenolic OH excluding ortho intramolecular Hbond substituents is 1. The third-order valence-corrected chi connectivity index (χ3v) is 4.51. The van der Waals surface area contributed by atoms with Gasteiger partial charge in [-0.05, 0) is 31.2 Å². The van der Waals surface area contributed by atoms with Gasteiger partial charge in [-0.3, -0.25) is 0 Å². The summed E-state index contributed by atoms with van der Waals surface area (Å²) in [7, 11) is 3.01. The summed E-state index contributed by atoms with van der Waals surface area (Å²) >= 11 is 0. The van der Waals surface area contributed by atoms with E-state index in [1.807, 2.05) is 6.92 Å². The Kier molecular flexibility index (Phi) is 4.07. The molecule has 140 valence electrons. The van der Waals surface area contributed by atoms with Crippen LogP contribution in [0.15, 0.2) is 45.6 Å². The SMILES string of the molecule is COc1cc(C2Oc3c(OC)cc4ccc(=O)oc4c3OC2C)ccc1O. The molecule has 0 amide bonds. The second-order valence-corrected chi connectivity index (χ2v) is 6.20. The molecule has 1 aliphatic heterocycles. The zero-order chi connectivity index (χ0) is 19.1. The second-order valence-electron chi connectivity index (χ2n) is 6.20. The van der Waals surface area contributed by atoms with Crippen molar-refractivity contribution < 1.29 is 28.5 Å². The van der Waals surface area contributed by atoms with E-state index in [4.69, 9.17) is 23.4 Å². The number of rotatable bonds is 3. The number of benzene rings is 2. The summed E-state index contributed by atoms with van der Waals surface area (Å²) in [5.41, 5.74) is 0.600. The number of phenols is 1. The first kappa shape index (κ1) is 17.1. The summed E-state index contributed by atoms with van der Waals surface area (Å²) < 4.78 is 28.2. The Labute approximate surface area is 154 Å². The van der Waals surface area contributed by atoms with Crippen LogP contribution in [0.25, 0.3) is 11.0 Å². The Morgan fingerprint density at radius 2 is 1.74 bits per heavy atom. The van der Waals surface area contributed by atoms with Crippen LogP contribution in [0.4, 0.5) is 0 Å². The molecule has 0 radical (unpaired) electrons. The summed E-state index contributed by atoms with van der Waals surface area (Å²) in [6.07, 6.45) is -0.874. The van der Waals surface area contributed by atoms with Crippen LogP contribution < -0.4 is 24.6 Å². The minimum Gasteiger partial charge on any atom is -0.504 e. The zero-order valence-corrected chi connectivity index (χ0v) is 15.0. The average Bonchev–Trinajstić information content (AvgIpc) is 2.67. The quantitative estimate of drug-likeness (QED) is 0.707. The highest BCUT2D eigenvalue weighted by Crippen LogP contribution is 2.49. The molecule has 2 aromatic carbocycles. The summed E-state index contributed by atoms with van der Waals surface area (Å²) in [5.74, 6) is 1.53. The molecule has 27 heavy (non-hydrogen) atoms. The van der Waals surface area contributed by atoms with Gasteiger partial charge in [0.25, 0.3) is 0 Å². The molecule has 1 aromatic heterocycles. The van der Waals surface area contributed by atoms with Crippen LogP contribution in [0.5, 0.6) is 28.7 Å². The molecule has 7 nitrogen and oxygen atoms in total. The largest absolute Gasteiger partial charge is 0.504 e. The summed E-state index contributed by atoms with van der Waals surface area (Å²) in [4.78, 5) is 11.7. The maximum atomic E-state index is 11.7. The van der Waals surface area contributed by atoms with Gasteiger partial charge in [-0.25, -0.2) is 4.79 Å². The van der Waals surface area contributed by atoms with E-state index in [2.05, 4.69) is 0 Å². The number of ether oxygens (including phenoxy) is 4. The highest BCUT2D eigenvalue weighted by atomic mass is 16.6. The molecule has 0 spiro atoms. The normalized spacial score (nSPS) is 18.3. The van der Waals surface area contributed by atoms with Gasteiger partial charge >= 0.3 is 5.63 Å². The monoisotopic (exact) mass is 370 g/mol. The molecule has 2 unspecified atom stereocenters. The van der Waals surface area contributed by atoms with Gasteiger partial charge in [-0.15, -0.1) is 0 Å². The maximum Gasteiger partial charge on any atom is 0.336 e. The van der Waals surface area contributed by atoms with Gasteiger partial charge < -0.3 is 28.5 Å². The lowest BCUT2D eigenvalue weighted by Gasteiger charge is -2.33. The van der Waals surface area contributed by atoms with E-state index in [0.717, 1.165) is 5.56 Å². The van der Waals surface area contributed by atoms with Crippen molar-refractivity contribution in [1.82, 2.24) is 0 Å². The van der Waals surface area contributed by atoms with Crippen molar-refractivity contribution in [2.75, 3.05) is 14.2 Å². The van der Waals surface area contributed by atoms with Crippen molar-refractivity contribution in [2.45, 2.75) is 19.1 Å². The molecule has 0 saturated carbocycles. The van der Waals surface area contributed by atoms with Gasteiger partial charge in [0, 0.05) is 17.0 Å². The molecular formula is C20H18O7. The Morgan fingerprint density at radius 3 is 2.48 bits per heavy atom. The highest BCUT2D eigenvalue weighted by Gasteiger charge is 2.34. The van der Waals surface area contributed by atoms with Gasteiger partial charge in [-0.1, -0.05) is 6.07 Å². The van der Waals surface area contributed by atoms with E-state index >= 15 is 0 Å². The lowest BCUT2D eigenvalue weighted by atomic mass is 10.0. The van der Waals surface area contributed by atoms with Gasteiger partial charge in [-0.2, -0.15) is 0 Å². The minimum atomic E-state index is -0.478. The first-order valence-corrected chi connectivity index (χ1v) is 8.37. The van der Waals surface area contributed by atoms with Crippen molar-refractivity contribution in [2.24, 2.45) is 0 Å². The molecule has 0 fully saturated rings. The Morgan fingerprint density at radius 1 is 0.963 bits per heavy atom. The van der Waals surface area contributed by atoms with Gasteiger partial charge in [0.15, 0.2) is 28.9 Å². The molecule has 3 aromatic rings. The van der Waals surface area contributed by atoms with E-state index in [1.54, 1.807) is 24.3 Å². The van der Waals surface area contributed by atoms with E-state index < -0.39 is 17.8 Å². The third kappa shape index (κ3) is 2.81. The molecule has 7 heteroatoms. The van der Waals surface area contributed by atoms with Crippen molar-refractivity contribution in [3.05, 3.63) is 52.4 Å². The van der Waals surface area contributed by atoms with Crippen LogP contribution >= 0.6 is 0 Å². The molecule has 2 atom stereocenters. The van der Waals surface area contributed by atoms with E-state index in [1.165, 1.54) is 26.4 Å². The maximum absolute atomic E-state index is 11.7. The predicted octanol–water partition coefficient (Wildman–Crippen LogP) is 3.42. The minimum absolute atomic E-state index is 0.0383. The topological polar surface area (TPSA) is 87.4 Å². The number of hydrogen-bond donors (Lipinski definition) is 1. The van der Waals surface area contributed by atoms with Crippen molar-refractivity contribution >= 4 is 11.0 Å². The fourth-order valence-electron chi connectivity index (χ4n) is 3.19. The van der Waals surface area contributed by atoms with Crippen LogP contribution in [-0.4, -0.2) is 25.4 Å². The van der Waals surface area contributed by atoms with Gasteiger partial charge in [0.05, 0.1) is 14.2 Å². The third-order valence-electron chi connectivity index (χ3n) is 4.51. The molecule has 1 aliphatic rings. The lowest BCUT2D eigenvalue weighted by molar-refractivity contribution is 0.0285. The summed E-state index contributed by atoms with van der Waals surface area (Å²) in [6.45, 7) is 1.85. The van der Waals surface area contributed by atoms with Crippen LogP contribution in [0.2, 0.25) is 0 Å². The zero-order valence-electron chi connectivity index (χ0n) is 15.0. The number of aromatic hydroxyl groups is 1. The standard InChI is InChI=1S/C20H18O7/c1-10-17(11-4-6-13(21)14(8-11)23-2)27-19-15(24-3)9-12-5-7-16(22)26-18(12)20(19)25-10/h4-10,17,21H,1-3H3. The van der Waals surface area contributed by atoms with E-state index in [0.29, 0.717) is 34.0 Å². The van der Waals surface area contributed by atoms with Gasteiger partial charge in [0.1, 0.15) is 6.10 Å². The lowest BCUT2D eigenvalue weighted by Crippen LogP contribution is -2.31. The molecule has 1 N–H and O–H groups in total. The average molecular weight is 370 g/mol. The number of fused-ring (bicyclic) bond motifs is 3. The fraction of sp³-hybridized carbons (Fsp3) is 0.250. The van der Waals surface area contributed by atoms with Crippen molar-refractivity contribution in [3.63, 3.8) is 0 Å². The molecule has 0 aliphatic carbocycles. The van der Waals surface area contributed by atoms with Crippen LogP contribution in [0.3, 0.4) is 0 Å². The molecule has 2 heterocycles. The number of methoxy groups -OCH3 is 2. The van der Waals surface area contributed by atoms with E-state index in [-0.39, 0.29) is 5.75 Å². The predicted molar refractivity (Wildman–Crippen MR) is 97.2 cm³/mol. The summed E-state index contributed by atoms with van der Waals surface area (Å²) in [5, 5.41) is 10.5. The van der Waals surface area contributed by atoms with E-state index in [9.17, 15) is 9.90 Å². The Hall–Kier alpha value is -3.35. The fourth-order valence-corrected chi connectivity index (χ4v) is 3.19. The molecule has 0 saturated heterocycles. The Balaban J connectivity index is 1.85. The smallest absolute Gasteiger partial charge is 0.336 e. The molecule has 0 bridgehead atoms. The van der Waals surface area contributed by atoms with Gasteiger partial charge in [0.2, 0.25) is 11.5 Å². The van der Waals surface area contributed by atoms with Crippen LogP contribution in [-0.2, 0) is 0 Å². The second kappa shape index (κ2) is 6.42.